The summed E-state index contributed by atoms with van der Waals surface area (Å²) in [5.41, 5.74) is 1.69. The number of rotatable bonds is 8. The number of benzene rings is 2. The molecule has 4 rings (SSSR count). The molecule has 1 N–H and O–H groups in total. The van der Waals surface area contributed by atoms with Crippen LogP contribution in [-0.2, 0) is 20.7 Å². The summed E-state index contributed by atoms with van der Waals surface area (Å²) in [6.45, 7) is 0. The van der Waals surface area contributed by atoms with E-state index in [2.05, 4.69) is 10.3 Å². The highest BCUT2D eigenvalue weighted by molar-refractivity contribution is 7.18. The molecule has 1 amide bonds. The van der Waals surface area contributed by atoms with Crippen LogP contribution in [0.15, 0.2) is 54.6 Å². The van der Waals surface area contributed by atoms with Crippen LogP contribution in [0.3, 0.4) is 0 Å². The number of aromatic nitrogens is 1. The summed E-state index contributed by atoms with van der Waals surface area (Å²) < 4.78 is 6.71. The molecule has 0 saturated heterocycles. The minimum atomic E-state index is -0.892. The molecule has 1 aliphatic rings. The Labute approximate surface area is 167 Å². The van der Waals surface area contributed by atoms with Crippen LogP contribution in [0.1, 0.15) is 42.4 Å². The second kappa shape index (κ2) is 8.52. The van der Waals surface area contributed by atoms with Crippen molar-refractivity contribution in [3.63, 3.8) is 0 Å². The van der Waals surface area contributed by atoms with Crippen LogP contribution in [-0.4, -0.2) is 22.9 Å². The lowest BCUT2D eigenvalue weighted by atomic mass is 10.1. The molecule has 0 aliphatic heterocycles. The lowest BCUT2D eigenvalue weighted by molar-refractivity contribution is -0.156. The summed E-state index contributed by atoms with van der Waals surface area (Å²) >= 11 is 1.65. The van der Waals surface area contributed by atoms with Gasteiger partial charge in [-0.05, 0) is 37.8 Å². The summed E-state index contributed by atoms with van der Waals surface area (Å²) in [4.78, 5) is 29.5. The van der Waals surface area contributed by atoms with Crippen molar-refractivity contribution in [3.8, 4) is 0 Å². The van der Waals surface area contributed by atoms with Crippen molar-refractivity contribution in [2.45, 2.75) is 44.2 Å². The van der Waals surface area contributed by atoms with Crippen molar-refractivity contribution in [1.29, 1.82) is 0 Å². The quantitative estimate of drug-likeness (QED) is 0.582. The van der Waals surface area contributed by atoms with E-state index >= 15 is 0 Å². The zero-order chi connectivity index (χ0) is 19.3. The van der Waals surface area contributed by atoms with Crippen LogP contribution in [0.5, 0.6) is 0 Å². The Kier molecular flexibility index (Phi) is 5.67. The summed E-state index contributed by atoms with van der Waals surface area (Å²) in [5, 5.41) is 3.94. The van der Waals surface area contributed by atoms with Gasteiger partial charge in [0.25, 0.3) is 5.91 Å². The SMILES string of the molecule is O=C(CCCc1nc2ccccc2s1)O[C@@H](C(=O)NC1CC1)c1ccccc1. The molecule has 1 fully saturated rings. The summed E-state index contributed by atoms with van der Waals surface area (Å²) in [7, 11) is 0. The fraction of sp³-hybridized carbons (Fsp3) is 0.318. The first-order chi connectivity index (χ1) is 13.7. The number of fused-ring (bicyclic) bond motifs is 1. The van der Waals surface area contributed by atoms with E-state index in [1.807, 2.05) is 54.6 Å². The maximum atomic E-state index is 12.5. The molecule has 2 aromatic carbocycles. The van der Waals surface area contributed by atoms with Crippen LogP contribution in [0.2, 0.25) is 0 Å². The number of nitrogens with zero attached hydrogens (tertiary/aromatic N) is 1. The number of amides is 1. The Balaban J connectivity index is 1.33. The molecule has 1 saturated carbocycles. The molecule has 28 heavy (non-hydrogen) atoms. The largest absolute Gasteiger partial charge is 0.447 e. The predicted octanol–water partition coefficient (Wildman–Crippen LogP) is 4.18. The molecule has 1 atom stereocenters. The fourth-order valence-corrected chi connectivity index (χ4v) is 4.02. The molecular weight excluding hydrogens is 372 g/mol. The first kappa shape index (κ1) is 18.6. The van der Waals surface area contributed by atoms with Crippen LogP contribution in [0.25, 0.3) is 10.2 Å². The maximum absolute atomic E-state index is 12.5. The van der Waals surface area contributed by atoms with E-state index in [1.54, 1.807) is 11.3 Å². The first-order valence-electron chi connectivity index (χ1n) is 9.58. The van der Waals surface area contributed by atoms with Crippen molar-refractivity contribution in [2.75, 3.05) is 0 Å². The number of esters is 1. The van der Waals surface area contributed by atoms with Gasteiger partial charge in [-0.1, -0.05) is 42.5 Å². The molecule has 3 aromatic rings. The molecule has 0 unspecified atom stereocenters. The van der Waals surface area contributed by atoms with Gasteiger partial charge in [0.05, 0.1) is 15.2 Å². The van der Waals surface area contributed by atoms with Gasteiger partial charge >= 0.3 is 5.97 Å². The first-order valence-corrected chi connectivity index (χ1v) is 10.4. The summed E-state index contributed by atoms with van der Waals surface area (Å²) in [6.07, 6.45) is 2.71. The Morgan fingerprint density at radius 1 is 1.11 bits per heavy atom. The molecule has 1 aromatic heterocycles. The van der Waals surface area contributed by atoms with Crippen LogP contribution in [0, 0.1) is 0 Å². The number of hydrogen-bond acceptors (Lipinski definition) is 5. The third-order valence-corrected chi connectivity index (χ3v) is 5.72. The summed E-state index contributed by atoms with van der Waals surface area (Å²) in [6, 6.07) is 17.4. The number of hydrogen-bond donors (Lipinski definition) is 1. The van der Waals surface area contributed by atoms with E-state index in [4.69, 9.17) is 4.74 Å². The number of carbonyl (C=O) groups is 2. The summed E-state index contributed by atoms with van der Waals surface area (Å²) in [5.74, 6) is -0.603. The topological polar surface area (TPSA) is 68.3 Å². The van der Waals surface area contributed by atoms with Gasteiger partial charge in [0.15, 0.2) is 0 Å². The van der Waals surface area contributed by atoms with Crippen LogP contribution < -0.4 is 5.32 Å². The highest BCUT2D eigenvalue weighted by atomic mass is 32.1. The van der Waals surface area contributed by atoms with E-state index in [0.717, 1.165) is 34.5 Å². The van der Waals surface area contributed by atoms with E-state index in [9.17, 15) is 9.59 Å². The zero-order valence-corrected chi connectivity index (χ0v) is 16.3. The van der Waals surface area contributed by atoms with Gasteiger partial charge in [-0.2, -0.15) is 0 Å². The predicted molar refractivity (Wildman–Crippen MR) is 109 cm³/mol. The third kappa shape index (κ3) is 4.75. The van der Waals surface area contributed by atoms with E-state index < -0.39 is 6.10 Å². The minimum Gasteiger partial charge on any atom is -0.447 e. The molecular formula is C22H22N2O3S. The number of para-hydroxylation sites is 1. The third-order valence-electron chi connectivity index (χ3n) is 4.62. The Morgan fingerprint density at radius 3 is 2.61 bits per heavy atom. The van der Waals surface area contributed by atoms with Gasteiger partial charge in [0.1, 0.15) is 0 Å². The lowest BCUT2D eigenvalue weighted by Gasteiger charge is -2.18. The number of nitrogens with one attached hydrogen (secondary N) is 1. The van der Waals surface area contributed by atoms with E-state index in [0.29, 0.717) is 12.0 Å². The highest BCUT2D eigenvalue weighted by Crippen LogP contribution is 2.25. The molecule has 1 heterocycles. The van der Waals surface area contributed by atoms with Crippen molar-refractivity contribution in [3.05, 3.63) is 65.2 Å². The second-order valence-electron chi connectivity index (χ2n) is 6.99. The number of ether oxygens (including phenoxy) is 1. The maximum Gasteiger partial charge on any atom is 0.306 e. The molecule has 0 spiro atoms. The molecule has 144 valence electrons. The molecule has 0 radical (unpaired) electrons. The van der Waals surface area contributed by atoms with Gasteiger partial charge in [0.2, 0.25) is 6.10 Å². The Morgan fingerprint density at radius 2 is 1.86 bits per heavy atom. The average Bonchev–Trinajstić information content (AvgIpc) is 3.42. The van der Waals surface area contributed by atoms with Crippen molar-refractivity contribution < 1.29 is 14.3 Å². The number of aryl methyl sites for hydroxylation is 1. The average molecular weight is 394 g/mol. The molecule has 1 aliphatic carbocycles. The van der Waals surface area contributed by atoms with E-state index in [-0.39, 0.29) is 24.3 Å². The highest BCUT2D eigenvalue weighted by Gasteiger charge is 2.30. The monoisotopic (exact) mass is 394 g/mol. The fourth-order valence-electron chi connectivity index (χ4n) is 3.01. The normalized spacial score (nSPS) is 14.6. The van der Waals surface area contributed by atoms with Crippen molar-refractivity contribution in [2.24, 2.45) is 0 Å². The molecule has 0 bridgehead atoms. The van der Waals surface area contributed by atoms with Gasteiger partial charge < -0.3 is 10.1 Å². The smallest absolute Gasteiger partial charge is 0.306 e. The second-order valence-corrected chi connectivity index (χ2v) is 8.11. The van der Waals surface area contributed by atoms with Crippen LogP contribution >= 0.6 is 11.3 Å². The van der Waals surface area contributed by atoms with Crippen molar-refractivity contribution in [1.82, 2.24) is 10.3 Å². The van der Waals surface area contributed by atoms with E-state index in [1.165, 1.54) is 0 Å². The van der Waals surface area contributed by atoms with Gasteiger partial charge in [-0.3, -0.25) is 9.59 Å². The number of thiazole rings is 1. The Bertz CT molecular complexity index is 933. The van der Waals surface area contributed by atoms with Gasteiger partial charge in [-0.15, -0.1) is 11.3 Å². The van der Waals surface area contributed by atoms with Gasteiger partial charge in [0, 0.05) is 18.0 Å². The zero-order valence-electron chi connectivity index (χ0n) is 15.5. The lowest BCUT2D eigenvalue weighted by Crippen LogP contribution is -2.33. The van der Waals surface area contributed by atoms with Gasteiger partial charge in [-0.25, -0.2) is 4.98 Å². The number of carbonyl (C=O) groups excluding carboxylic acids is 2. The molecule has 6 heteroatoms. The Hall–Kier alpha value is -2.73. The standard InChI is InChI=1S/C22H22N2O3S/c25-20(12-6-11-19-24-17-9-4-5-10-18(17)28-19)27-21(15-7-2-1-3-8-15)22(26)23-16-13-14-16/h1-5,7-10,16,21H,6,11-14H2,(H,23,26)/t21-/m1/s1. The van der Waals surface area contributed by atoms with Crippen LogP contribution in [0.4, 0.5) is 0 Å². The minimum absolute atomic E-state index is 0.219. The molecule has 5 nitrogen and oxygen atoms in total. The van der Waals surface area contributed by atoms with Crippen molar-refractivity contribution >= 4 is 33.4 Å².